The van der Waals surface area contributed by atoms with Gasteiger partial charge in [0, 0.05) is 10.6 Å². The fourth-order valence-corrected chi connectivity index (χ4v) is 1.85. The van der Waals surface area contributed by atoms with Gasteiger partial charge in [-0.25, -0.2) is 0 Å². The molecule has 0 atom stereocenters. The van der Waals surface area contributed by atoms with Crippen LogP contribution in [0.3, 0.4) is 0 Å². The summed E-state index contributed by atoms with van der Waals surface area (Å²) in [4.78, 5) is 0. The summed E-state index contributed by atoms with van der Waals surface area (Å²) >= 11 is 5.84. The summed E-state index contributed by atoms with van der Waals surface area (Å²) in [7, 11) is 0. The van der Waals surface area contributed by atoms with Crippen LogP contribution in [0.25, 0.3) is 0 Å². The second-order valence-electron chi connectivity index (χ2n) is 4.19. The third kappa shape index (κ3) is 4.28. The summed E-state index contributed by atoms with van der Waals surface area (Å²) in [6.45, 7) is 3.26. The van der Waals surface area contributed by atoms with Crippen LogP contribution in [0.4, 0.5) is 0 Å². The molecule has 0 aliphatic heterocycles. The lowest BCUT2D eigenvalue weighted by Gasteiger charge is -2.06. The van der Waals surface area contributed by atoms with E-state index in [0.717, 1.165) is 21.9 Å². The van der Waals surface area contributed by atoms with Crippen LogP contribution in [0, 0.1) is 0 Å². The number of halogens is 1. The molecule has 0 aliphatic carbocycles. The molecule has 0 amide bonds. The number of nitrogens with one attached hydrogen (secondary N) is 1. The van der Waals surface area contributed by atoms with Crippen molar-refractivity contribution in [2.24, 2.45) is 5.10 Å². The second kappa shape index (κ2) is 7.56. The predicted molar refractivity (Wildman–Crippen MR) is 83.5 cm³/mol. The third-order valence-electron chi connectivity index (χ3n) is 2.71. The molecule has 2 aromatic rings. The molecule has 0 saturated carbocycles. The zero-order chi connectivity index (χ0) is 14.2. The van der Waals surface area contributed by atoms with Crippen molar-refractivity contribution in [1.82, 2.24) is 5.43 Å². The minimum Gasteiger partial charge on any atom is -0.493 e. The Morgan fingerprint density at radius 1 is 1.15 bits per heavy atom. The maximum Gasteiger partial charge on any atom is 0.128 e. The molecule has 1 N–H and O–H groups in total. The Balaban J connectivity index is 1.91. The van der Waals surface area contributed by atoms with E-state index < -0.39 is 0 Å². The molecule has 104 valence electrons. The molecule has 2 aromatic carbocycles. The molecule has 4 heteroatoms. The molecule has 0 aliphatic rings. The predicted octanol–water partition coefficient (Wildman–Crippen LogP) is 3.86. The molecule has 0 unspecified atom stereocenters. The van der Waals surface area contributed by atoms with Crippen molar-refractivity contribution in [3.8, 4) is 5.75 Å². The molecule has 0 aromatic heterocycles. The van der Waals surface area contributed by atoms with E-state index in [4.69, 9.17) is 16.3 Å². The standard InChI is InChI=1S/C16H17ClN2O/c1-2-20-16-6-4-3-5-14(16)12-19-18-11-13-7-9-15(17)10-8-13/h3-10,12,18H,2,11H2,1H3/b19-12-. The second-order valence-corrected chi connectivity index (χ2v) is 4.63. The van der Waals surface area contributed by atoms with E-state index >= 15 is 0 Å². The number of para-hydroxylation sites is 1. The van der Waals surface area contributed by atoms with Gasteiger partial charge in [0.2, 0.25) is 0 Å². The first-order valence-electron chi connectivity index (χ1n) is 6.52. The first-order chi connectivity index (χ1) is 9.79. The largest absolute Gasteiger partial charge is 0.493 e. The normalized spacial score (nSPS) is 10.7. The van der Waals surface area contributed by atoms with Gasteiger partial charge in [0.05, 0.1) is 19.4 Å². The van der Waals surface area contributed by atoms with Crippen molar-refractivity contribution in [2.75, 3.05) is 6.61 Å². The van der Waals surface area contributed by atoms with Crippen LogP contribution in [0.5, 0.6) is 5.75 Å². The third-order valence-corrected chi connectivity index (χ3v) is 2.96. The van der Waals surface area contributed by atoms with Gasteiger partial charge in [0.25, 0.3) is 0 Å². The topological polar surface area (TPSA) is 33.6 Å². The zero-order valence-electron chi connectivity index (χ0n) is 11.3. The number of ether oxygens (including phenoxy) is 1. The first-order valence-corrected chi connectivity index (χ1v) is 6.89. The highest BCUT2D eigenvalue weighted by molar-refractivity contribution is 6.30. The molecular weight excluding hydrogens is 272 g/mol. The van der Waals surface area contributed by atoms with E-state index in [1.165, 1.54) is 0 Å². The Hall–Kier alpha value is -2.00. The lowest BCUT2D eigenvalue weighted by molar-refractivity contribution is 0.340. The minimum atomic E-state index is 0.642. The summed E-state index contributed by atoms with van der Waals surface area (Å²) in [5.41, 5.74) is 5.10. The average Bonchev–Trinajstić information content (AvgIpc) is 2.47. The Morgan fingerprint density at radius 3 is 2.65 bits per heavy atom. The SMILES string of the molecule is CCOc1ccccc1/C=N\NCc1ccc(Cl)cc1. The molecule has 0 fully saturated rings. The molecule has 0 heterocycles. The van der Waals surface area contributed by atoms with Gasteiger partial charge in [-0.3, -0.25) is 0 Å². The number of rotatable bonds is 6. The quantitative estimate of drug-likeness (QED) is 0.647. The number of hydrogen-bond donors (Lipinski definition) is 1. The fourth-order valence-electron chi connectivity index (χ4n) is 1.73. The fraction of sp³-hybridized carbons (Fsp3) is 0.188. The lowest BCUT2D eigenvalue weighted by atomic mass is 10.2. The van der Waals surface area contributed by atoms with Crippen LogP contribution in [-0.4, -0.2) is 12.8 Å². The number of nitrogens with zero attached hydrogens (tertiary/aromatic N) is 1. The molecule has 2 rings (SSSR count). The molecule has 0 saturated heterocycles. The monoisotopic (exact) mass is 288 g/mol. The Labute approximate surface area is 124 Å². The van der Waals surface area contributed by atoms with E-state index in [-0.39, 0.29) is 0 Å². The van der Waals surface area contributed by atoms with Crippen LogP contribution < -0.4 is 10.2 Å². The average molecular weight is 289 g/mol. The van der Waals surface area contributed by atoms with E-state index in [1.807, 2.05) is 55.5 Å². The molecule has 0 spiro atoms. The van der Waals surface area contributed by atoms with Gasteiger partial charge in [-0.05, 0) is 36.8 Å². The van der Waals surface area contributed by atoms with Crippen molar-refractivity contribution in [3.63, 3.8) is 0 Å². The smallest absolute Gasteiger partial charge is 0.128 e. The number of hydrogen-bond acceptors (Lipinski definition) is 3. The summed E-state index contributed by atoms with van der Waals surface area (Å²) in [6.07, 6.45) is 1.76. The van der Waals surface area contributed by atoms with Gasteiger partial charge in [0.15, 0.2) is 0 Å². The Kier molecular flexibility index (Phi) is 5.44. The molecule has 0 radical (unpaired) electrons. The Bertz CT molecular complexity index is 567. The van der Waals surface area contributed by atoms with Gasteiger partial charge >= 0.3 is 0 Å². The van der Waals surface area contributed by atoms with Crippen molar-refractivity contribution < 1.29 is 4.74 Å². The van der Waals surface area contributed by atoms with Gasteiger partial charge < -0.3 is 10.2 Å². The van der Waals surface area contributed by atoms with Crippen molar-refractivity contribution in [2.45, 2.75) is 13.5 Å². The maximum atomic E-state index is 5.84. The van der Waals surface area contributed by atoms with Gasteiger partial charge in [-0.2, -0.15) is 5.10 Å². The molecule has 0 bridgehead atoms. The van der Waals surface area contributed by atoms with Crippen LogP contribution >= 0.6 is 11.6 Å². The van der Waals surface area contributed by atoms with Crippen LogP contribution in [0.2, 0.25) is 5.02 Å². The number of benzene rings is 2. The zero-order valence-corrected chi connectivity index (χ0v) is 12.1. The van der Waals surface area contributed by atoms with E-state index in [0.29, 0.717) is 13.2 Å². The molecule has 20 heavy (non-hydrogen) atoms. The molecular formula is C16H17ClN2O. The van der Waals surface area contributed by atoms with Gasteiger partial charge in [-0.15, -0.1) is 0 Å². The van der Waals surface area contributed by atoms with E-state index in [9.17, 15) is 0 Å². The summed E-state index contributed by atoms with van der Waals surface area (Å²) < 4.78 is 5.53. The summed E-state index contributed by atoms with van der Waals surface area (Å²) in [5, 5.41) is 4.95. The highest BCUT2D eigenvalue weighted by Crippen LogP contribution is 2.15. The van der Waals surface area contributed by atoms with Crippen LogP contribution in [0.1, 0.15) is 18.1 Å². The van der Waals surface area contributed by atoms with Crippen molar-refractivity contribution in [1.29, 1.82) is 0 Å². The lowest BCUT2D eigenvalue weighted by Crippen LogP contribution is -2.05. The van der Waals surface area contributed by atoms with E-state index in [2.05, 4.69) is 10.5 Å². The van der Waals surface area contributed by atoms with Gasteiger partial charge in [-0.1, -0.05) is 35.9 Å². The van der Waals surface area contributed by atoms with Crippen molar-refractivity contribution in [3.05, 3.63) is 64.7 Å². The highest BCUT2D eigenvalue weighted by Gasteiger charge is 1.98. The summed E-state index contributed by atoms with van der Waals surface area (Å²) in [5.74, 6) is 0.840. The van der Waals surface area contributed by atoms with Crippen LogP contribution in [-0.2, 0) is 6.54 Å². The highest BCUT2D eigenvalue weighted by atomic mass is 35.5. The minimum absolute atomic E-state index is 0.642. The molecule has 3 nitrogen and oxygen atoms in total. The summed E-state index contributed by atoms with van der Waals surface area (Å²) in [6, 6.07) is 15.5. The Morgan fingerprint density at radius 2 is 1.90 bits per heavy atom. The number of hydrazone groups is 1. The van der Waals surface area contributed by atoms with E-state index in [1.54, 1.807) is 6.21 Å². The maximum absolute atomic E-state index is 5.84. The van der Waals surface area contributed by atoms with Crippen LogP contribution in [0.15, 0.2) is 53.6 Å². The first kappa shape index (κ1) is 14.4. The van der Waals surface area contributed by atoms with Gasteiger partial charge in [0.1, 0.15) is 5.75 Å². The van der Waals surface area contributed by atoms with Crippen molar-refractivity contribution >= 4 is 17.8 Å².